The van der Waals surface area contributed by atoms with Crippen molar-refractivity contribution < 1.29 is 18.0 Å². The number of hydrogen-bond donors (Lipinski definition) is 1. The second-order valence-electron chi connectivity index (χ2n) is 4.48. The van der Waals surface area contributed by atoms with Gasteiger partial charge in [-0.1, -0.05) is 0 Å². The molecule has 20 heavy (non-hydrogen) atoms. The summed E-state index contributed by atoms with van der Waals surface area (Å²) in [7, 11) is -0.391. The molecule has 7 nitrogen and oxygen atoms in total. The van der Waals surface area contributed by atoms with Crippen LogP contribution in [-0.2, 0) is 14.8 Å². The van der Waals surface area contributed by atoms with Crippen molar-refractivity contribution in [3.63, 3.8) is 0 Å². The Balaban J connectivity index is 3.12. The van der Waals surface area contributed by atoms with E-state index in [1.165, 1.54) is 29.2 Å². The number of carbonyl (C=O) groups is 2. The molecule has 2 N–H and O–H groups in total. The van der Waals surface area contributed by atoms with Crippen molar-refractivity contribution in [2.24, 2.45) is 5.73 Å². The summed E-state index contributed by atoms with van der Waals surface area (Å²) in [6.07, 6.45) is 0.981. The molecule has 2 amide bonds. The molecule has 0 heterocycles. The molecular formula is C12H17N3O4S. The lowest BCUT2D eigenvalue weighted by atomic mass is 10.2. The highest BCUT2D eigenvalue weighted by atomic mass is 32.2. The third-order valence-electron chi connectivity index (χ3n) is 2.51. The fourth-order valence-electron chi connectivity index (χ4n) is 1.57. The highest BCUT2D eigenvalue weighted by Gasteiger charge is 2.20. The number of benzene rings is 1. The molecule has 1 rings (SSSR count). The number of hydrogen-bond acceptors (Lipinski definition) is 4. The predicted octanol–water partition coefficient (Wildman–Crippen LogP) is -0.360. The lowest BCUT2D eigenvalue weighted by Gasteiger charge is -2.21. The molecule has 0 atom stereocenters. The molecular weight excluding hydrogens is 282 g/mol. The summed E-state index contributed by atoms with van der Waals surface area (Å²) in [5, 5.41) is 0. The molecule has 1 aromatic carbocycles. The summed E-state index contributed by atoms with van der Waals surface area (Å²) in [5.74, 6) is -0.957. The predicted molar refractivity (Wildman–Crippen MR) is 75.8 cm³/mol. The molecule has 0 aliphatic carbocycles. The van der Waals surface area contributed by atoms with Gasteiger partial charge in [0.15, 0.2) is 0 Å². The van der Waals surface area contributed by atoms with E-state index in [2.05, 4.69) is 0 Å². The van der Waals surface area contributed by atoms with Gasteiger partial charge >= 0.3 is 0 Å². The Morgan fingerprint density at radius 2 is 1.65 bits per heavy atom. The van der Waals surface area contributed by atoms with Crippen LogP contribution in [0, 0.1) is 0 Å². The van der Waals surface area contributed by atoms with Crippen LogP contribution in [0.3, 0.4) is 0 Å². The summed E-state index contributed by atoms with van der Waals surface area (Å²) < 4.78 is 24.2. The smallest absolute Gasteiger partial charge is 0.253 e. The van der Waals surface area contributed by atoms with Crippen LogP contribution >= 0.6 is 0 Å². The van der Waals surface area contributed by atoms with Crippen LogP contribution in [0.15, 0.2) is 24.3 Å². The van der Waals surface area contributed by atoms with Gasteiger partial charge in [-0.05, 0) is 24.3 Å². The number of nitrogens with zero attached hydrogens (tertiary/aromatic N) is 2. The summed E-state index contributed by atoms with van der Waals surface area (Å²) in [6, 6.07) is 5.91. The normalized spacial score (nSPS) is 10.9. The maximum atomic E-state index is 11.7. The van der Waals surface area contributed by atoms with Crippen molar-refractivity contribution in [1.29, 1.82) is 0 Å². The molecule has 0 saturated carbocycles. The molecule has 0 unspecified atom stereocenters. The summed E-state index contributed by atoms with van der Waals surface area (Å²) in [4.78, 5) is 24.1. The van der Waals surface area contributed by atoms with Gasteiger partial charge in [-0.2, -0.15) is 0 Å². The number of carbonyl (C=O) groups excluding carboxylic acids is 2. The molecule has 0 fully saturated rings. The molecule has 0 bridgehead atoms. The number of rotatable bonds is 5. The third kappa shape index (κ3) is 3.95. The first kappa shape index (κ1) is 16.0. The van der Waals surface area contributed by atoms with Crippen LogP contribution in [0.25, 0.3) is 0 Å². The third-order valence-corrected chi connectivity index (χ3v) is 3.65. The Kier molecular flexibility index (Phi) is 4.72. The molecule has 0 aliphatic heterocycles. The van der Waals surface area contributed by atoms with E-state index in [9.17, 15) is 18.0 Å². The number of sulfonamides is 1. The van der Waals surface area contributed by atoms with Crippen LogP contribution in [-0.4, -0.2) is 52.0 Å². The largest absolute Gasteiger partial charge is 0.368 e. The van der Waals surface area contributed by atoms with Gasteiger partial charge in [0.1, 0.15) is 6.54 Å². The minimum absolute atomic E-state index is 0.197. The lowest BCUT2D eigenvalue weighted by molar-refractivity contribution is -0.116. The van der Waals surface area contributed by atoms with Gasteiger partial charge in [0.25, 0.3) is 5.91 Å². The van der Waals surface area contributed by atoms with Crippen molar-refractivity contribution in [3.05, 3.63) is 29.8 Å². The fraction of sp³-hybridized carbons (Fsp3) is 0.333. The minimum Gasteiger partial charge on any atom is -0.368 e. The monoisotopic (exact) mass is 299 g/mol. The molecule has 0 spiro atoms. The summed E-state index contributed by atoms with van der Waals surface area (Å²) >= 11 is 0. The Bertz CT molecular complexity index is 608. The first-order valence-electron chi connectivity index (χ1n) is 5.70. The molecule has 0 saturated heterocycles. The minimum atomic E-state index is -3.63. The molecule has 0 radical (unpaired) electrons. The summed E-state index contributed by atoms with van der Waals surface area (Å²) in [6.45, 7) is -0.445. The van der Waals surface area contributed by atoms with Crippen LogP contribution in [0.4, 0.5) is 5.69 Å². The van der Waals surface area contributed by atoms with Crippen molar-refractivity contribution in [2.75, 3.05) is 31.2 Å². The fourth-order valence-corrected chi connectivity index (χ4v) is 2.44. The van der Waals surface area contributed by atoms with E-state index < -0.39 is 22.5 Å². The zero-order valence-electron chi connectivity index (χ0n) is 11.5. The maximum absolute atomic E-state index is 11.7. The quantitative estimate of drug-likeness (QED) is 0.802. The molecule has 1 aromatic rings. The standard InChI is InChI=1S/C12H17N3O4S/c1-14(2)12(17)9-4-6-10(7-5-9)15(8-11(13)16)20(3,18)19/h4-7H,8H2,1-3H3,(H2,13,16). The van der Waals surface area contributed by atoms with Crippen molar-refractivity contribution in [1.82, 2.24) is 4.90 Å². The Morgan fingerprint density at radius 3 is 2.00 bits per heavy atom. The van der Waals surface area contributed by atoms with Crippen molar-refractivity contribution >= 4 is 27.5 Å². The first-order chi connectivity index (χ1) is 9.12. The van der Waals surface area contributed by atoms with Crippen molar-refractivity contribution in [2.45, 2.75) is 0 Å². The van der Waals surface area contributed by atoms with E-state index in [0.717, 1.165) is 10.6 Å². The number of anilines is 1. The topological polar surface area (TPSA) is 101 Å². The highest BCUT2D eigenvalue weighted by molar-refractivity contribution is 7.92. The zero-order valence-corrected chi connectivity index (χ0v) is 12.3. The Labute approximate surface area is 118 Å². The van der Waals surface area contributed by atoms with Crippen LogP contribution in [0.5, 0.6) is 0 Å². The second kappa shape index (κ2) is 5.91. The average Bonchev–Trinajstić information content (AvgIpc) is 2.33. The number of primary amides is 1. The van der Waals surface area contributed by atoms with Gasteiger partial charge in [-0.15, -0.1) is 0 Å². The van der Waals surface area contributed by atoms with E-state index in [1.807, 2.05) is 0 Å². The number of nitrogens with two attached hydrogens (primary N) is 1. The van der Waals surface area contributed by atoms with E-state index >= 15 is 0 Å². The van der Waals surface area contributed by atoms with E-state index in [4.69, 9.17) is 5.73 Å². The molecule has 8 heteroatoms. The van der Waals surface area contributed by atoms with Gasteiger partial charge in [0, 0.05) is 19.7 Å². The van der Waals surface area contributed by atoms with Gasteiger partial charge in [-0.25, -0.2) is 8.42 Å². The lowest BCUT2D eigenvalue weighted by Crippen LogP contribution is -2.37. The van der Waals surface area contributed by atoms with Gasteiger partial charge in [-0.3, -0.25) is 13.9 Å². The molecule has 110 valence electrons. The first-order valence-corrected chi connectivity index (χ1v) is 7.55. The molecule has 0 aliphatic rings. The Morgan fingerprint density at radius 1 is 1.15 bits per heavy atom. The van der Waals surface area contributed by atoms with E-state index in [1.54, 1.807) is 14.1 Å². The van der Waals surface area contributed by atoms with Gasteiger partial charge in [0.2, 0.25) is 15.9 Å². The molecule has 0 aromatic heterocycles. The maximum Gasteiger partial charge on any atom is 0.253 e. The second-order valence-corrected chi connectivity index (χ2v) is 6.39. The Hall–Kier alpha value is -2.09. The average molecular weight is 299 g/mol. The van der Waals surface area contributed by atoms with Gasteiger partial charge in [0.05, 0.1) is 11.9 Å². The highest BCUT2D eigenvalue weighted by Crippen LogP contribution is 2.18. The van der Waals surface area contributed by atoms with E-state index in [0.29, 0.717) is 5.56 Å². The summed E-state index contributed by atoms with van der Waals surface area (Å²) in [5.41, 5.74) is 5.74. The number of amides is 2. The van der Waals surface area contributed by atoms with Crippen LogP contribution in [0.1, 0.15) is 10.4 Å². The van der Waals surface area contributed by atoms with Crippen LogP contribution < -0.4 is 10.0 Å². The van der Waals surface area contributed by atoms with Crippen molar-refractivity contribution in [3.8, 4) is 0 Å². The van der Waals surface area contributed by atoms with Gasteiger partial charge < -0.3 is 10.6 Å². The van der Waals surface area contributed by atoms with E-state index in [-0.39, 0.29) is 11.6 Å². The zero-order chi connectivity index (χ0) is 15.5. The SMILES string of the molecule is CN(C)C(=O)c1ccc(N(CC(N)=O)S(C)(=O)=O)cc1. The van der Waals surface area contributed by atoms with Crippen LogP contribution in [0.2, 0.25) is 0 Å².